The molecular formula is C16H17ClFNO4S. The van der Waals surface area contributed by atoms with Crippen molar-refractivity contribution in [3.63, 3.8) is 0 Å². The molecule has 0 fully saturated rings. The van der Waals surface area contributed by atoms with Crippen LogP contribution >= 0.6 is 11.6 Å². The predicted molar refractivity (Wildman–Crippen MR) is 91.0 cm³/mol. The van der Waals surface area contributed by atoms with Gasteiger partial charge in [0.15, 0.2) is 0 Å². The molecule has 0 saturated heterocycles. The Hall–Kier alpha value is -1.99. The van der Waals surface area contributed by atoms with E-state index in [1.165, 1.54) is 6.07 Å². The maximum absolute atomic E-state index is 13.1. The van der Waals surface area contributed by atoms with Gasteiger partial charge in [-0.2, -0.15) is 0 Å². The summed E-state index contributed by atoms with van der Waals surface area (Å²) in [5, 5.41) is -0.207. The van der Waals surface area contributed by atoms with Gasteiger partial charge >= 0.3 is 0 Å². The molecule has 0 aliphatic rings. The molecule has 2 rings (SSSR count). The van der Waals surface area contributed by atoms with Gasteiger partial charge in [0.2, 0.25) is 0 Å². The van der Waals surface area contributed by atoms with Gasteiger partial charge in [-0.15, -0.1) is 0 Å². The van der Waals surface area contributed by atoms with Crippen molar-refractivity contribution in [3.05, 3.63) is 47.2 Å². The highest BCUT2D eigenvalue weighted by atomic mass is 35.5. The molecule has 1 N–H and O–H groups in total. The van der Waals surface area contributed by atoms with Gasteiger partial charge in [0.05, 0.1) is 23.9 Å². The lowest BCUT2D eigenvalue weighted by atomic mass is 10.3. The molecule has 130 valence electrons. The Bertz CT molecular complexity index is 827. The Morgan fingerprint density at radius 1 is 1.08 bits per heavy atom. The highest BCUT2D eigenvalue weighted by Gasteiger charge is 2.20. The van der Waals surface area contributed by atoms with Crippen LogP contribution in [-0.2, 0) is 10.0 Å². The molecule has 0 radical (unpaired) electrons. The van der Waals surface area contributed by atoms with Crippen LogP contribution in [0.4, 0.5) is 10.1 Å². The van der Waals surface area contributed by atoms with Crippen molar-refractivity contribution in [3.8, 4) is 11.5 Å². The van der Waals surface area contributed by atoms with Gasteiger partial charge in [-0.25, -0.2) is 12.8 Å². The fourth-order valence-electron chi connectivity index (χ4n) is 2.02. The SMILES string of the molecule is CCOc1ccc(OCC)c(NS(=O)(=O)c2ccc(F)cc2Cl)c1. The topological polar surface area (TPSA) is 64.6 Å². The van der Waals surface area contributed by atoms with Crippen LogP contribution in [0.2, 0.25) is 5.02 Å². The number of ether oxygens (including phenoxy) is 2. The van der Waals surface area contributed by atoms with Gasteiger partial charge in [0, 0.05) is 6.07 Å². The lowest BCUT2D eigenvalue weighted by Crippen LogP contribution is -2.14. The monoisotopic (exact) mass is 373 g/mol. The van der Waals surface area contributed by atoms with Crippen molar-refractivity contribution >= 4 is 27.3 Å². The van der Waals surface area contributed by atoms with E-state index in [0.29, 0.717) is 24.7 Å². The molecule has 0 aromatic heterocycles. The Morgan fingerprint density at radius 3 is 2.42 bits per heavy atom. The molecule has 0 atom stereocenters. The van der Waals surface area contributed by atoms with Crippen molar-refractivity contribution < 1.29 is 22.3 Å². The second-order valence-electron chi connectivity index (χ2n) is 4.70. The number of halogens is 2. The van der Waals surface area contributed by atoms with Crippen molar-refractivity contribution in [2.45, 2.75) is 18.7 Å². The molecule has 0 heterocycles. The third kappa shape index (κ3) is 4.30. The fourth-order valence-corrected chi connectivity index (χ4v) is 3.61. The summed E-state index contributed by atoms with van der Waals surface area (Å²) in [5.74, 6) is 0.221. The first kappa shape index (κ1) is 18.4. The second-order valence-corrected chi connectivity index (χ2v) is 6.76. The highest BCUT2D eigenvalue weighted by Crippen LogP contribution is 2.32. The molecule has 0 spiro atoms. The number of hydrogen-bond acceptors (Lipinski definition) is 4. The zero-order chi connectivity index (χ0) is 17.7. The molecule has 2 aromatic carbocycles. The van der Waals surface area contributed by atoms with E-state index in [-0.39, 0.29) is 15.6 Å². The number of nitrogens with one attached hydrogen (secondary N) is 1. The molecule has 0 bridgehead atoms. The molecule has 0 saturated carbocycles. The maximum Gasteiger partial charge on any atom is 0.263 e. The summed E-state index contributed by atoms with van der Waals surface area (Å²) in [6.07, 6.45) is 0. The van der Waals surface area contributed by atoms with Gasteiger partial charge in [0.1, 0.15) is 22.2 Å². The van der Waals surface area contributed by atoms with Gasteiger partial charge in [-0.1, -0.05) is 11.6 Å². The van der Waals surface area contributed by atoms with Crippen LogP contribution in [-0.4, -0.2) is 21.6 Å². The first-order chi connectivity index (χ1) is 11.4. The van der Waals surface area contributed by atoms with E-state index in [9.17, 15) is 12.8 Å². The van der Waals surface area contributed by atoms with Crippen LogP contribution in [0.1, 0.15) is 13.8 Å². The molecule has 0 amide bonds. The maximum atomic E-state index is 13.1. The lowest BCUT2D eigenvalue weighted by Gasteiger charge is -2.15. The molecule has 5 nitrogen and oxygen atoms in total. The largest absolute Gasteiger partial charge is 0.494 e. The lowest BCUT2D eigenvalue weighted by molar-refractivity contribution is 0.332. The first-order valence-corrected chi connectivity index (χ1v) is 9.11. The van der Waals surface area contributed by atoms with Crippen molar-refractivity contribution in [2.75, 3.05) is 17.9 Å². The van der Waals surface area contributed by atoms with Crippen molar-refractivity contribution in [1.29, 1.82) is 0 Å². The standard InChI is InChI=1S/C16H17ClFNO4S/c1-3-22-12-6-7-15(23-4-2)14(10-12)19-24(20,21)16-8-5-11(18)9-13(16)17/h5-10,19H,3-4H2,1-2H3. The normalized spacial score (nSPS) is 11.2. The number of hydrogen-bond donors (Lipinski definition) is 1. The minimum absolute atomic E-state index is 0.207. The molecule has 24 heavy (non-hydrogen) atoms. The average molecular weight is 374 g/mol. The van der Waals surface area contributed by atoms with Crippen LogP contribution in [0.5, 0.6) is 11.5 Å². The van der Waals surface area contributed by atoms with Crippen molar-refractivity contribution in [1.82, 2.24) is 0 Å². The summed E-state index contributed by atoms with van der Waals surface area (Å²) in [6, 6.07) is 7.88. The van der Waals surface area contributed by atoms with Crippen LogP contribution in [0, 0.1) is 5.82 Å². The number of anilines is 1. The summed E-state index contributed by atoms with van der Waals surface area (Å²) in [4.78, 5) is -0.227. The minimum atomic E-state index is -4.02. The third-order valence-electron chi connectivity index (χ3n) is 2.99. The van der Waals surface area contributed by atoms with E-state index >= 15 is 0 Å². The Kier molecular flexibility index (Phi) is 5.90. The Balaban J connectivity index is 2.42. The van der Waals surface area contributed by atoms with Crippen LogP contribution in [0.3, 0.4) is 0 Å². The zero-order valence-corrected chi connectivity index (χ0v) is 14.7. The summed E-state index contributed by atoms with van der Waals surface area (Å²) in [6.45, 7) is 4.40. The summed E-state index contributed by atoms with van der Waals surface area (Å²) in [5.41, 5.74) is 0.211. The summed E-state index contributed by atoms with van der Waals surface area (Å²) >= 11 is 5.85. The number of sulfonamides is 1. The van der Waals surface area contributed by atoms with E-state index < -0.39 is 15.8 Å². The van der Waals surface area contributed by atoms with Crippen LogP contribution < -0.4 is 14.2 Å². The summed E-state index contributed by atoms with van der Waals surface area (Å²) < 4.78 is 51.4. The molecule has 0 unspecified atom stereocenters. The second kappa shape index (κ2) is 7.72. The zero-order valence-electron chi connectivity index (χ0n) is 13.2. The van der Waals surface area contributed by atoms with Gasteiger partial charge in [0.25, 0.3) is 10.0 Å². The minimum Gasteiger partial charge on any atom is -0.494 e. The molecule has 0 aliphatic heterocycles. The van der Waals surface area contributed by atoms with Gasteiger partial charge < -0.3 is 9.47 Å². The van der Waals surface area contributed by atoms with Gasteiger partial charge in [-0.05, 0) is 44.2 Å². The van der Waals surface area contributed by atoms with Crippen molar-refractivity contribution in [2.24, 2.45) is 0 Å². The fraction of sp³-hybridized carbons (Fsp3) is 0.250. The molecule has 0 aliphatic carbocycles. The van der Waals surface area contributed by atoms with Crippen LogP contribution in [0.15, 0.2) is 41.3 Å². The Labute approximate surface area is 145 Å². The quantitative estimate of drug-likeness (QED) is 0.794. The van der Waals surface area contributed by atoms with E-state index in [1.54, 1.807) is 19.1 Å². The van der Waals surface area contributed by atoms with Gasteiger partial charge in [-0.3, -0.25) is 4.72 Å². The van der Waals surface area contributed by atoms with Crippen LogP contribution in [0.25, 0.3) is 0 Å². The predicted octanol–water partition coefficient (Wildman–Crippen LogP) is 4.08. The number of benzene rings is 2. The van der Waals surface area contributed by atoms with E-state index in [1.807, 2.05) is 6.92 Å². The highest BCUT2D eigenvalue weighted by molar-refractivity contribution is 7.92. The first-order valence-electron chi connectivity index (χ1n) is 7.25. The third-order valence-corrected chi connectivity index (χ3v) is 4.84. The Morgan fingerprint density at radius 2 is 1.79 bits per heavy atom. The molecule has 2 aromatic rings. The average Bonchev–Trinajstić information content (AvgIpc) is 2.49. The number of rotatable bonds is 7. The smallest absolute Gasteiger partial charge is 0.263 e. The molecular weight excluding hydrogens is 357 g/mol. The van der Waals surface area contributed by atoms with E-state index in [0.717, 1.165) is 18.2 Å². The summed E-state index contributed by atoms with van der Waals surface area (Å²) in [7, 11) is -4.02. The van der Waals surface area contributed by atoms with E-state index in [4.69, 9.17) is 21.1 Å². The molecule has 8 heteroatoms. The van der Waals surface area contributed by atoms with E-state index in [2.05, 4.69) is 4.72 Å².